The highest BCUT2D eigenvalue weighted by Crippen LogP contribution is 2.18. The van der Waals surface area contributed by atoms with Gasteiger partial charge >= 0.3 is 0 Å². The molecule has 4 nitrogen and oxygen atoms in total. The minimum Gasteiger partial charge on any atom is -0.357 e. The van der Waals surface area contributed by atoms with Crippen LogP contribution in [0.2, 0.25) is 5.02 Å². The zero-order valence-corrected chi connectivity index (χ0v) is 17.2. The summed E-state index contributed by atoms with van der Waals surface area (Å²) in [5, 5.41) is 3.37. The van der Waals surface area contributed by atoms with Gasteiger partial charge in [-0.15, -0.1) is 11.8 Å². The molecule has 0 radical (unpaired) electrons. The van der Waals surface area contributed by atoms with Crippen molar-refractivity contribution in [2.75, 3.05) is 12.8 Å². The van der Waals surface area contributed by atoms with Crippen molar-refractivity contribution in [3.63, 3.8) is 0 Å². The smallest absolute Gasteiger partial charge is 0.242 e. The van der Waals surface area contributed by atoms with Gasteiger partial charge in [0.15, 0.2) is 0 Å². The van der Waals surface area contributed by atoms with Crippen molar-refractivity contribution in [1.29, 1.82) is 0 Å². The van der Waals surface area contributed by atoms with E-state index in [1.807, 2.05) is 61.5 Å². The summed E-state index contributed by atoms with van der Waals surface area (Å²) in [6.07, 6.45) is 0.570. The van der Waals surface area contributed by atoms with E-state index in [-0.39, 0.29) is 11.8 Å². The summed E-state index contributed by atoms with van der Waals surface area (Å²) in [7, 11) is 1.60. The summed E-state index contributed by atoms with van der Waals surface area (Å²) < 4.78 is 0. The van der Waals surface area contributed by atoms with Gasteiger partial charge in [0.25, 0.3) is 0 Å². The molecule has 0 saturated carbocycles. The summed E-state index contributed by atoms with van der Waals surface area (Å²) in [5.41, 5.74) is 2.13. The highest BCUT2D eigenvalue weighted by molar-refractivity contribution is 7.99. The third-order valence-corrected chi connectivity index (χ3v) is 5.48. The largest absolute Gasteiger partial charge is 0.357 e. The molecular formula is C21H25ClN2O2S. The van der Waals surface area contributed by atoms with Crippen LogP contribution in [0.25, 0.3) is 0 Å². The fourth-order valence-corrected chi connectivity index (χ4v) is 3.78. The first-order valence-electron chi connectivity index (χ1n) is 8.92. The Hall–Kier alpha value is -1.98. The Morgan fingerprint density at radius 2 is 1.74 bits per heavy atom. The number of hydrogen-bond acceptors (Lipinski definition) is 3. The van der Waals surface area contributed by atoms with Crippen LogP contribution in [0.15, 0.2) is 54.6 Å². The summed E-state index contributed by atoms with van der Waals surface area (Å²) >= 11 is 7.44. The van der Waals surface area contributed by atoms with Crippen LogP contribution >= 0.6 is 23.4 Å². The Morgan fingerprint density at radius 1 is 1.07 bits per heavy atom. The van der Waals surface area contributed by atoms with Crippen molar-refractivity contribution in [3.05, 3.63) is 70.7 Å². The molecule has 0 aliphatic carbocycles. The molecule has 144 valence electrons. The van der Waals surface area contributed by atoms with Crippen LogP contribution in [0.1, 0.15) is 24.5 Å². The van der Waals surface area contributed by atoms with E-state index in [1.165, 1.54) is 0 Å². The number of nitrogens with zero attached hydrogens (tertiary/aromatic N) is 1. The lowest BCUT2D eigenvalue weighted by Crippen LogP contribution is -2.48. The molecule has 0 aliphatic heterocycles. The first-order valence-corrected chi connectivity index (χ1v) is 10.5. The molecule has 2 rings (SSSR count). The fraction of sp³-hybridized carbons (Fsp3) is 0.333. The first kappa shape index (κ1) is 21.3. The molecule has 0 spiro atoms. The number of rotatable bonds is 9. The lowest BCUT2D eigenvalue weighted by molar-refractivity contribution is -0.139. The number of carbonyl (C=O) groups is 2. The minimum atomic E-state index is -0.473. The molecule has 1 N–H and O–H groups in total. The van der Waals surface area contributed by atoms with Gasteiger partial charge in [-0.25, -0.2) is 0 Å². The normalized spacial score (nSPS) is 11.7. The van der Waals surface area contributed by atoms with E-state index >= 15 is 0 Å². The van der Waals surface area contributed by atoms with E-state index < -0.39 is 6.04 Å². The number of benzene rings is 2. The van der Waals surface area contributed by atoms with Gasteiger partial charge in [-0.3, -0.25) is 9.59 Å². The van der Waals surface area contributed by atoms with E-state index in [2.05, 4.69) is 5.32 Å². The SMILES string of the molecule is CCC(C(=O)NC)N(Cc1ccccc1)C(=O)CSCc1ccc(Cl)cc1. The van der Waals surface area contributed by atoms with Gasteiger partial charge in [-0.1, -0.05) is 61.0 Å². The van der Waals surface area contributed by atoms with Gasteiger partial charge in [-0.05, 0) is 29.7 Å². The van der Waals surface area contributed by atoms with Crippen LogP contribution in [0.4, 0.5) is 0 Å². The quantitative estimate of drug-likeness (QED) is 0.683. The van der Waals surface area contributed by atoms with Crippen LogP contribution in [0.5, 0.6) is 0 Å². The van der Waals surface area contributed by atoms with E-state index in [1.54, 1.807) is 23.7 Å². The number of hydrogen-bond donors (Lipinski definition) is 1. The predicted octanol–water partition coefficient (Wildman–Crippen LogP) is 4.13. The number of halogens is 1. The number of likely N-dealkylation sites (N-methyl/N-ethyl adjacent to an activating group) is 1. The third-order valence-electron chi connectivity index (χ3n) is 4.24. The van der Waals surface area contributed by atoms with Crippen LogP contribution in [-0.4, -0.2) is 35.6 Å². The maximum absolute atomic E-state index is 12.9. The third kappa shape index (κ3) is 6.60. The van der Waals surface area contributed by atoms with Crippen molar-refractivity contribution in [2.45, 2.75) is 31.7 Å². The molecule has 6 heteroatoms. The zero-order valence-electron chi connectivity index (χ0n) is 15.7. The topological polar surface area (TPSA) is 49.4 Å². The second-order valence-electron chi connectivity index (χ2n) is 6.16. The average Bonchev–Trinajstić information content (AvgIpc) is 2.69. The van der Waals surface area contributed by atoms with Crippen LogP contribution in [0, 0.1) is 0 Å². The van der Waals surface area contributed by atoms with Gasteiger partial charge in [0, 0.05) is 24.4 Å². The van der Waals surface area contributed by atoms with Gasteiger partial charge in [0.05, 0.1) is 5.75 Å². The zero-order chi connectivity index (χ0) is 19.6. The van der Waals surface area contributed by atoms with Gasteiger partial charge < -0.3 is 10.2 Å². The second kappa shape index (κ2) is 11.0. The number of amides is 2. The molecule has 1 unspecified atom stereocenters. The van der Waals surface area contributed by atoms with E-state index in [0.717, 1.165) is 16.9 Å². The summed E-state index contributed by atoms with van der Waals surface area (Å²) in [6.45, 7) is 2.35. The summed E-state index contributed by atoms with van der Waals surface area (Å²) in [6, 6.07) is 16.9. The van der Waals surface area contributed by atoms with E-state index in [0.29, 0.717) is 23.7 Å². The lowest BCUT2D eigenvalue weighted by atomic mass is 10.1. The highest BCUT2D eigenvalue weighted by Gasteiger charge is 2.27. The van der Waals surface area contributed by atoms with Gasteiger partial charge in [-0.2, -0.15) is 0 Å². The Bertz CT molecular complexity index is 738. The molecule has 2 aromatic rings. The maximum atomic E-state index is 12.9. The molecule has 0 aliphatic rings. The maximum Gasteiger partial charge on any atom is 0.242 e. The van der Waals surface area contributed by atoms with Gasteiger partial charge in [0.1, 0.15) is 6.04 Å². The molecular weight excluding hydrogens is 380 g/mol. The molecule has 2 aromatic carbocycles. The lowest BCUT2D eigenvalue weighted by Gasteiger charge is -2.30. The molecule has 0 aromatic heterocycles. The van der Waals surface area contributed by atoms with Crippen molar-refractivity contribution in [2.24, 2.45) is 0 Å². The molecule has 0 bridgehead atoms. The van der Waals surface area contributed by atoms with Crippen molar-refractivity contribution in [3.8, 4) is 0 Å². The van der Waals surface area contributed by atoms with Crippen molar-refractivity contribution in [1.82, 2.24) is 10.2 Å². The van der Waals surface area contributed by atoms with Crippen molar-refractivity contribution >= 4 is 35.2 Å². The second-order valence-corrected chi connectivity index (χ2v) is 7.59. The monoisotopic (exact) mass is 404 g/mol. The summed E-state index contributed by atoms with van der Waals surface area (Å²) in [5.74, 6) is 0.875. The van der Waals surface area contributed by atoms with E-state index in [9.17, 15) is 9.59 Å². The van der Waals surface area contributed by atoms with Crippen LogP contribution < -0.4 is 5.32 Å². The molecule has 0 heterocycles. The minimum absolute atomic E-state index is 0.0340. The Labute approximate surface area is 170 Å². The average molecular weight is 405 g/mol. The van der Waals surface area contributed by atoms with Crippen LogP contribution in [-0.2, 0) is 21.9 Å². The van der Waals surface area contributed by atoms with E-state index in [4.69, 9.17) is 11.6 Å². The van der Waals surface area contributed by atoms with Crippen molar-refractivity contribution < 1.29 is 9.59 Å². The molecule has 27 heavy (non-hydrogen) atoms. The molecule has 1 atom stereocenters. The molecule has 2 amide bonds. The number of nitrogens with one attached hydrogen (secondary N) is 1. The van der Waals surface area contributed by atoms with Crippen LogP contribution in [0.3, 0.4) is 0 Å². The summed E-state index contributed by atoms with van der Waals surface area (Å²) in [4.78, 5) is 26.9. The first-order chi connectivity index (χ1) is 13.0. The Balaban J connectivity index is 2.05. The fourth-order valence-electron chi connectivity index (χ4n) is 2.79. The molecule has 0 saturated heterocycles. The van der Waals surface area contributed by atoms with Gasteiger partial charge in [0.2, 0.25) is 11.8 Å². The Morgan fingerprint density at radius 3 is 2.33 bits per heavy atom. The Kier molecular flexibility index (Phi) is 8.69. The highest BCUT2D eigenvalue weighted by atomic mass is 35.5. The number of carbonyl (C=O) groups excluding carboxylic acids is 2. The number of thioether (sulfide) groups is 1. The molecule has 0 fully saturated rings. The standard InChI is InChI=1S/C21H25ClN2O2S/c1-3-19(21(26)23-2)24(13-16-7-5-4-6-8-16)20(25)15-27-14-17-9-11-18(22)12-10-17/h4-12,19H,3,13-15H2,1-2H3,(H,23,26). The predicted molar refractivity (Wildman–Crippen MR) is 113 cm³/mol.